The second kappa shape index (κ2) is 8.25. The van der Waals surface area contributed by atoms with Gasteiger partial charge in [0.15, 0.2) is 0 Å². The number of aromatic nitrogens is 2. The summed E-state index contributed by atoms with van der Waals surface area (Å²) < 4.78 is 36.7. The van der Waals surface area contributed by atoms with Crippen molar-refractivity contribution in [3.63, 3.8) is 0 Å². The summed E-state index contributed by atoms with van der Waals surface area (Å²) >= 11 is 0. The summed E-state index contributed by atoms with van der Waals surface area (Å²) in [7, 11) is -0.852. The average Bonchev–Trinajstić information content (AvgIpc) is 2.96. The summed E-state index contributed by atoms with van der Waals surface area (Å²) in [4.78, 5) is 44.4. The van der Waals surface area contributed by atoms with Gasteiger partial charge in [-0.3, -0.25) is 19.7 Å². The molecule has 1 atom stereocenters. The maximum Gasteiger partial charge on any atom is 0.471 e. The molecule has 1 aromatic rings. The van der Waals surface area contributed by atoms with E-state index in [0.717, 1.165) is 0 Å². The molecule has 2 fully saturated rings. The van der Waals surface area contributed by atoms with Gasteiger partial charge in [-0.15, -0.1) is 0 Å². The van der Waals surface area contributed by atoms with Gasteiger partial charge < -0.3 is 10.2 Å². The predicted molar refractivity (Wildman–Crippen MR) is 97.2 cm³/mol. The minimum Gasteiger partial charge on any atom is -0.348 e. The summed E-state index contributed by atoms with van der Waals surface area (Å²) in [5.74, 6) is -1.70. The Kier molecular flexibility index (Phi) is 5.96. The van der Waals surface area contributed by atoms with Crippen molar-refractivity contribution in [1.82, 2.24) is 20.6 Å². The molecular weight excluding hydrogens is 399 g/mol. The molecule has 12 heteroatoms. The third-order valence-corrected chi connectivity index (χ3v) is 6.08. The molecule has 2 N–H and O–H groups in total. The lowest BCUT2D eigenvalue weighted by atomic mass is 9.97. The summed E-state index contributed by atoms with van der Waals surface area (Å²) in [5.41, 5.74) is 0.540. The third kappa shape index (κ3) is 5.06. The largest absolute Gasteiger partial charge is 0.471 e. The number of carbonyl (C=O) groups is 3. The monoisotopic (exact) mass is 417 g/mol. The van der Waals surface area contributed by atoms with Crippen LogP contribution in [0.15, 0.2) is 12.3 Å². The summed E-state index contributed by atoms with van der Waals surface area (Å²) in [6.45, 7) is 1.06. The Morgan fingerprint density at radius 2 is 2.07 bits per heavy atom. The molecule has 3 amide bonds. The Morgan fingerprint density at radius 3 is 2.68 bits per heavy atom. The molecule has 2 aliphatic rings. The molecule has 1 aromatic heterocycles. The van der Waals surface area contributed by atoms with Gasteiger partial charge in [0.05, 0.1) is 11.4 Å². The summed E-state index contributed by atoms with van der Waals surface area (Å²) in [5, 5.41) is 5.49. The molecular formula is C16H18F3N5O3S. The van der Waals surface area contributed by atoms with E-state index < -0.39 is 22.6 Å². The Bertz CT molecular complexity index is 822. The third-order valence-electron chi connectivity index (χ3n) is 4.40. The quantitative estimate of drug-likeness (QED) is 0.710. The van der Waals surface area contributed by atoms with Crippen molar-refractivity contribution in [2.45, 2.75) is 19.0 Å². The number of hydrogen-bond donors (Lipinski definition) is 2. The molecule has 3 heterocycles. The Balaban J connectivity index is 1.56. The number of hydrogen-bond acceptors (Lipinski definition) is 6. The fraction of sp³-hybridized carbons (Fsp3) is 0.500. The number of amides is 3. The van der Waals surface area contributed by atoms with Crippen LogP contribution in [-0.2, 0) is 9.59 Å². The number of anilines is 1. The van der Waals surface area contributed by atoms with Crippen LogP contribution in [-0.4, -0.2) is 64.0 Å². The second-order valence-electron chi connectivity index (χ2n) is 6.45. The number of alkyl halides is 3. The van der Waals surface area contributed by atoms with Crippen LogP contribution < -0.4 is 15.5 Å². The number of nitrogens with one attached hydrogen (secondary N) is 2. The van der Waals surface area contributed by atoms with Crippen molar-refractivity contribution in [3.05, 3.63) is 18.0 Å². The van der Waals surface area contributed by atoms with Crippen LogP contribution in [0.1, 0.15) is 18.5 Å². The first kappa shape index (κ1) is 20.2. The molecule has 28 heavy (non-hydrogen) atoms. The van der Waals surface area contributed by atoms with Crippen molar-refractivity contribution >= 4 is 38.9 Å². The van der Waals surface area contributed by atoms with Gasteiger partial charge in [0, 0.05) is 25.8 Å². The number of halogens is 3. The van der Waals surface area contributed by atoms with Gasteiger partial charge in [0.25, 0.3) is 5.24 Å². The molecule has 0 saturated carbocycles. The van der Waals surface area contributed by atoms with Gasteiger partial charge in [0.1, 0.15) is 0 Å². The van der Waals surface area contributed by atoms with Crippen molar-refractivity contribution in [2.24, 2.45) is 5.92 Å². The SMILES string of the molecule is O=C1C/S(=C\c2ccnc(N3CCC(CNC(=O)C(F)(F)F)CC3)n2)C(=O)N1. The Hall–Kier alpha value is -2.50. The molecule has 2 aliphatic heterocycles. The normalized spacial score (nSPS) is 21.1. The van der Waals surface area contributed by atoms with Gasteiger partial charge in [-0.1, -0.05) is 10.5 Å². The molecule has 3 rings (SSSR count). The lowest BCUT2D eigenvalue weighted by Crippen LogP contribution is -2.43. The van der Waals surface area contributed by atoms with Crippen molar-refractivity contribution in [2.75, 3.05) is 30.3 Å². The van der Waals surface area contributed by atoms with Crippen LogP contribution in [0, 0.1) is 5.92 Å². The van der Waals surface area contributed by atoms with Crippen LogP contribution in [0.4, 0.5) is 23.9 Å². The van der Waals surface area contributed by atoms with E-state index in [1.165, 1.54) is 0 Å². The van der Waals surface area contributed by atoms with Crippen LogP contribution in [0.25, 0.3) is 0 Å². The highest BCUT2D eigenvalue weighted by Crippen LogP contribution is 2.23. The first-order valence-corrected chi connectivity index (χ1v) is 9.99. The first-order chi connectivity index (χ1) is 13.2. The lowest BCUT2D eigenvalue weighted by Gasteiger charge is -2.32. The number of rotatable bonds is 4. The fourth-order valence-corrected chi connectivity index (χ4v) is 4.26. The van der Waals surface area contributed by atoms with E-state index in [1.807, 2.05) is 10.2 Å². The van der Waals surface area contributed by atoms with E-state index in [2.05, 4.69) is 15.3 Å². The van der Waals surface area contributed by atoms with Crippen LogP contribution in [0.3, 0.4) is 0 Å². The van der Waals surface area contributed by atoms with Crippen molar-refractivity contribution in [1.29, 1.82) is 0 Å². The van der Waals surface area contributed by atoms with E-state index in [4.69, 9.17) is 0 Å². The number of imide groups is 1. The average molecular weight is 417 g/mol. The molecule has 0 aromatic carbocycles. The minimum atomic E-state index is -4.87. The zero-order valence-corrected chi connectivity index (χ0v) is 15.5. The molecule has 0 radical (unpaired) electrons. The van der Waals surface area contributed by atoms with E-state index in [-0.39, 0.29) is 29.4 Å². The van der Waals surface area contributed by atoms with E-state index in [0.29, 0.717) is 37.6 Å². The first-order valence-electron chi connectivity index (χ1n) is 8.54. The second-order valence-corrected chi connectivity index (χ2v) is 8.20. The zero-order valence-electron chi connectivity index (χ0n) is 14.7. The topological polar surface area (TPSA) is 104 Å². The maximum absolute atomic E-state index is 12.2. The van der Waals surface area contributed by atoms with Gasteiger partial charge in [-0.2, -0.15) is 13.2 Å². The maximum atomic E-state index is 12.2. The molecule has 0 bridgehead atoms. The van der Waals surface area contributed by atoms with E-state index in [1.54, 1.807) is 17.6 Å². The molecule has 8 nitrogen and oxygen atoms in total. The smallest absolute Gasteiger partial charge is 0.348 e. The highest BCUT2D eigenvalue weighted by molar-refractivity contribution is 8.28. The van der Waals surface area contributed by atoms with E-state index >= 15 is 0 Å². The van der Waals surface area contributed by atoms with Gasteiger partial charge >= 0.3 is 12.1 Å². The predicted octanol–water partition coefficient (Wildman–Crippen LogP) is 1.04. The standard InChI is InChI=1S/C16H18F3N5O3S/c17-16(18,19)13(26)21-7-10-2-5-24(6-3-10)14-20-4-1-11(22-14)8-28-9-12(25)23-15(28)27/h1,4,8,10H,2-3,5-7,9H2,(H,21,26)(H,23,25,27). The highest BCUT2D eigenvalue weighted by Gasteiger charge is 2.38. The van der Waals surface area contributed by atoms with E-state index in [9.17, 15) is 27.6 Å². The molecule has 0 spiro atoms. The lowest BCUT2D eigenvalue weighted by molar-refractivity contribution is -0.173. The minimum absolute atomic E-state index is 0.0210. The van der Waals surface area contributed by atoms with Crippen LogP contribution in [0.2, 0.25) is 0 Å². The number of carbonyl (C=O) groups excluding carboxylic acids is 3. The van der Waals surface area contributed by atoms with Crippen LogP contribution >= 0.6 is 10.5 Å². The Labute approximate surface area is 160 Å². The summed E-state index contributed by atoms with van der Waals surface area (Å²) in [6.07, 6.45) is -2.12. The summed E-state index contributed by atoms with van der Waals surface area (Å²) in [6, 6.07) is 1.64. The zero-order chi connectivity index (χ0) is 20.3. The van der Waals surface area contributed by atoms with Crippen molar-refractivity contribution in [3.8, 4) is 0 Å². The molecule has 152 valence electrons. The van der Waals surface area contributed by atoms with Gasteiger partial charge in [-0.25, -0.2) is 9.97 Å². The number of piperidine rings is 1. The van der Waals surface area contributed by atoms with Crippen LogP contribution in [0.5, 0.6) is 0 Å². The van der Waals surface area contributed by atoms with Crippen molar-refractivity contribution < 1.29 is 27.6 Å². The fourth-order valence-electron chi connectivity index (χ4n) is 2.92. The highest BCUT2D eigenvalue weighted by atomic mass is 32.2. The van der Waals surface area contributed by atoms with Gasteiger partial charge in [-0.05, 0) is 30.2 Å². The Morgan fingerprint density at radius 1 is 1.36 bits per heavy atom. The molecule has 2 saturated heterocycles. The molecule has 1 unspecified atom stereocenters. The van der Waals surface area contributed by atoms with Gasteiger partial charge in [0.2, 0.25) is 11.9 Å². The molecule has 0 aliphatic carbocycles. The number of nitrogens with zero attached hydrogens (tertiary/aromatic N) is 3.